The Morgan fingerprint density at radius 3 is 2.12 bits per heavy atom. The van der Waals surface area contributed by atoms with Gasteiger partial charge in [-0.25, -0.2) is 4.99 Å². The van der Waals surface area contributed by atoms with E-state index < -0.39 is 0 Å². The summed E-state index contributed by atoms with van der Waals surface area (Å²) in [5, 5.41) is 2.95. The molecular weight excluding hydrogens is 208 g/mol. The molecule has 92 valence electrons. The van der Waals surface area contributed by atoms with Gasteiger partial charge in [-0.2, -0.15) is 0 Å². The molecule has 17 heavy (non-hydrogen) atoms. The standard InChI is InChI=1S/C15H22N2/c1-8-13(11-12(4)15(5,6)7)14(16-9-2)17-10-3/h8-11H,1-4H2,5-7H3,(H,16,17)/b13-11-. The zero-order chi connectivity index (χ0) is 13.5. The van der Waals surface area contributed by atoms with E-state index in [1.165, 1.54) is 6.20 Å². The Morgan fingerprint density at radius 2 is 1.76 bits per heavy atom. The van der Waals surface area contributed by atoms with E-state index in [0.717, 1.165) is 11.1 Å². The third-order valence-electron chi connectivity index (χ3n) is 2.25. The monoisotopic (exact) mass is 230 g/mol. The van der Waals surface area contributed by atoms with E-state index in [-0.39, 0.29) is 5.41 Å². The van der Waals surface area contributed by atoms with Crippen molar-refractivity contribution in [2.75, 3.05) is 0 Å². The second-order valence-electron chi connectivity index (χ2n) is 4.59. The first-order chi connectivity index (χ1) is 7.86. The average molecular weight is 230 g/mol. The molecule has 0 saturated heterocycles. The molecule has 0 aliphatic rings. The van der Waals surface area contributed by atoms with Gasteiger partial charge in [0.15, 0.2) is 0 Å². The highest BCUT2D eigenvalue weighted by Gasteiger charge is 2.14. The van der Waals surface area contributed by atoms with Gasteiger partial charge in [-0.15, -0.1) is 0 Å². The van der Waals surface area contributed by atoms with E-state index in [1.54, 1.807) is 12.3 Å². The van der Waals surface area contributed by atoms with Gasteiger partial charge in [0.05, 0.1) is 0 Å². The summed E-state index contributed by atoms with van der Waals surface area (Å²) in [6.45, 7) is 21.4. The van der Waals surface area contributed by atoms with E-state index in [1.807, 2.05) is 6.08 Å². The molecule has 0 unspecified atom stereocenters. The molecule has 0 aliphatic carbocycles. The van der Waals surface area contributed by atoms with Crippen molar-refractivity contribution >= 4 is 5.84 Å². The first kappa shape index (κ1) is 15.2. The fourth-order valence-corrected chi connectivity index (χ4v) is 1.01. The number of allylic oxidation sites excluding steroid dienone is 2. The topological polar surface area (TPSA) is 24.4 Å². The van der Waals surface area contributed by atoms with Crippen molar-refractivity contribution in [1.29, 1.82) is 0 Å². The van der Waals surface area contributed by atoms with Crippen molar-refractivity contribution in [3.8, 4) is 0 Å². The maximum absolute atomic E-state index is 4.14. The lowest BCUT2D eigenvalue weighted by Gasteiger charge is -2.20. The third kappa shape index (κ3) is 5.16. The minimum Gasteiger partial charge on any atom is -0.347 e. The van der Waals surface area contributed by atoms with Crippen LogP contribution < -0.4 is 5.32 Å². The Kier molecular flexibility index (Phi) is 5.97. The zero-order valence-electron chi connectivity index (χ0n) is 11.1. The van der Waals surface area contributed by atoms with E-state index in [2.05, 4.69) is 57.4 Å². The van der Waals surface area contributed by atoms with Crippen LogP contribution in [-0.4, -0.2) is 5.84 Å². The first-order valence-electron chi connectivity index (χ1n) is 5.46. The Bertz CT molecular complexity index is 376. The summed E-state index contributed by atoms with van der Waals surface area (Å²) in [5.41, 5.74) is 1.89. The lowest BCUT2D eigenvalue weighted by molar-refractivity contribution is 0.519. The smallest absolute Gasteiger partial charge is 0.137 e. The van der Waals surface area contributed by atoms with Gasteiger partial charge in [0, 0.05) is 11.8 Å². The second-order valence-corrected chi connectivity index (χ2v) is 4.59. The van der Waals surface area contributed by atoms with E-state index in [0.29, 0.717) is 5.84 Å². The van der Waals surface area contributed by atoms with Crippen LogP contribution in [0.1, 0.15) is 20.8 Å². The van der Waals surface area contributed by atoms with E-state index in [4.69, 9.17) is 0 Å². The van der Waals surface area contributed by atoms with Crippen LogP contribution in [0.5, 0.6) is 0 Å². The van der Waals surface area contributed by atoms with Crippen LogP contribution in [0.2, 0.25) is 0 Å². The lowest BCUT2D eigenvalue weighted by atomic mass is 9.86. The molecule has 0 aliphatic heterocycles. The van der Waals surface area contributed by atoms with Crippen molar-refractivity contribution in [1.82, 2.24) is 5.32 Å². The summed E-state index contributed by atoms with van der Waals surface area (Å²) in [5.74, 6) is 0.662. The molecule has 0 aromatic rings. The van der Waals surface area contributed by atoms with Crippen molar-refractivity contribution in [2.45, 2.75) is 20.8 Å². The number of nitrogens with zero attached hydrogens (tertiary/aromatic N) is 1. The maximum Gasteiger partial charge on any atom is 0.137 e. The van der Waals surface area contributed by atoms with Crippen LogP contribution in [-0.2, 0) is 0 Å². The van der Waals surface area contributed by atoms with Gasteiger partial charge in [0.25, 0.3) is 0 Å². The van der Waals surface area contributed by atoms with Crippen molar-refractivity contribution in [2.24, 2.45) is 10.4 Å². The SMILES string of the molecule is C=CN=C(NC=C)/C(C=C)=C\C(=C)C(C)(C)C. The predicted molar refractivity (Wildman–Crippen MR) is 77.8 cm³/mol. The molecule has 0 amide bonds. The van der Waals surface area contributed by atoms with E-state index in [9.17, 15) is 0 Å². The average Bonchev–Trinajstić information content (AvgIpc) is 2.24. The molecule has 2 nitrogen and oxygen atoms in total. The van der Waals surface area contributed by atoms with Crippen LogP contribution in [0, 0.1) is 5.41 Å². The summed E-state index contributed by atoms with van der Waals surface area (Å²) in [6.07, 6.45) is 6.74. The van der Waals surface area contributed by atoms with Crippen LogP contribution in [0.3, 0.4) is 0 Å². The van der Waals surface area contributed by atoms with Gasteiger partial charge in [-0.1, -0.05) is 53.2 Å². The Morgan fingerprint density at radius 1 is 1.18 bits per heavy atom. The van der Waals surface area contributed by atoms with Gasteiger partial charge in [-0.05, 0) is 23.3 Å². The summed E-state index contributed by atoms with van der Waals surface area (Å²) in [7, 11) is 0. The highest BCUT2D eigenvalue weighted by atomic mass is 15.0. The number of aliphatic imine (C=N–C) groups is 1. The minimum absolute atomic E-state index is 0.0156. The number of amidine groups is 1. The largest absolute Gasteiger partial charge is 0.347 e. The molecule has 0 radical (unpaired) electrons. The molecule has 0 fully saturated rings. The zero-order valence-corrected chi connectivity index (χ0v) is 11.1. The molecule has 2 heteroatoms. The molecule has 0 atom stereocenters. The fourth-order valence-electron chi connectivity index (χ4n) is 1.01. The lowest BCUT2D eigenvalue weighted by Crippen LogP contribution is -2.19. The van der Waals surface area contributed by atoms with Crippen LogP contribution >= 0.6 is 0 Å². The number of hydrogen-bond donors (Lipinski definition) is 1. The molecule has 0 heterocycles. The number of nitrogens with one attached hydrogen (secondary N) is 1. The molecule has 0 rings (SSSR count). The van der Waals surface area contributed by atoms with Gasteiger partial charge in [-0.3, -0.25) is 0 Å². The summed E-state index contributed by atoms with van der Waals surface area (Å²) < 4.78 is 0. The van der Waals surface area contributed by atoms with Gasteiger partial charge in [0.1, 0.15) is 5.84 Å². The van der Waals surface area contributed by atoms with Crippen molar-refractivity contribution < 1.29 is 0 Å². The Hall–Kier alpha value is -1.83. The minimum atomic E-state index is 0.0156. The highest BCUT2D eigenvalue weighted by molar-refractivity contribution is 6.01. The molecular formula is C15H22N2. The quantitative estimate of drug-likeness (QED) is 0.431. The van der Waals surface area contributed by atoms with Gasteiger partial charge < -0.3 is 5.32 Å². The fraction of sp³-hybridized carbons (Fsp3) is 0.267. The van der Waals surface area contributed by atoms with E-state index >= 15 is 0 Å². The second kappa shape index (κ2) is 6.69. The Balaban J connectivity index is 5.31. The molecule has 0 saturated carbocycles. The van der Waals surface area contributed by atoms with Crippen LogP contribution in [0.4, 0.5) is 0 Å². The van der Waals surface area contributed by atoms with Crippen LogP contribution in [0.15, 0.2) is 67.0 Å². The molecule has 1 N–H and O–H groups in total. The normalized spacial score (nSPS) is 12.9. The maximum atomic E-state index is 4.14. The van der Waals surface area contributed by atoms with Gasteiger partial charge in [0.2, 0.25) is 0 Å². The van der Waals surface area contributed by atoms with Crippen molar-refractivity contribution in [3.05, 3.63) is 62.0 Å². The third-order valence-corrected chi connectivity index (χ3v) is 2.25. The summed E-state index contributed by atoms with van der Waals surface area (Å²) >= 11 is 0. The van der Waals surface area contributed by atoms with Crippen molar-refractivity contribution in [3.63, 3.8) is 0 Å². The molecule has 0 spiro atoms. The highest BCUT2D eigenvalue weighted by Crippen LogP contribution is 2.25. The molecule has 0 aromatic heterocycles. The Labute approximate surface area is 105 Å². The molecule has 0 bridgehead atoms. The summed E-state index contributed by atoms with van der Waals surface area (Å²) in [6, 6.07) is 0. The molecule has 0 aromatic carbocycles. The predicted octanol–water partition coefficient (Wildman–Crippen LogP) is 3.98. The first-order valence-corrected chi connectivity index (χ1v) is 5.46. The number of rotatable bonds is 5. The van der Waals surface area contributed by atoms with Gasteiger partial charge >= 0.3 is 0 Å². The van der Waals surface area contributed by atoms with Crippen LogP contribution in [0.25, 0.3) is 0 Å². The number of hydrogen-bond acceptors (Lipinski definition) is 1. The summed E-state index contributed by atoms with van der Waals surface area (Å²) in [4.78, 5) is 4.14.